The van der Waals surface area contributed by atoms with Gasteiger partial charge in [0.25, 0.3) is 0 Å². The first-order valence-corrected chi connectivity index (χ1v) is 9.72. The minimum absolute atomic E-state index is 0.650. The molecule has 0 N–H and O–H groups in total. The van der Waals surface area contributed by atoms with Gasteiger partial charge in [0, 0.05) is 23.5 Å². The first-order valence-electron chi connectivity index (χ1n) is 9.72. The Kier molecular flexibility index (Phi) is 4.80. The predicted octanol–water partition coefficient (Wildman–Crippen LogP) is 5.93. The summed E-state index contributed by atoms with van der Waals surface area (Å²) in [5.74, 6) is 1.31. The highest BCUT2D eigenvalue weighted by atomic mass is 15.0. The molecule has 5 rings (SSSR count). The monoisotopic (exact) mass is 386 g/mol. The van der Waals surface area contributed by atoms with Crippen molar-refractivity contribution in [3.05, 3.63) is 110 Å². The lowest BCUT2D eigenvalue weighted by molar-refractivity contribution is 1.07. The average Bonchev–Trinajstić information content (AvgIpc) is 2.85. The summed E-state index contributed by atoms with van der Waals surface area (Å²) >= 11 is 0. The third kappa shape index (κ3) is 3.71. The number of aromatic nitrogens is 4. The zero-order valence-electron chi connectivity index (χ0n) is 16.2. The molecule has 0 saturated heterocycles. The number of benzene rings is 3. The fourth-order valence-electron chi connectivity index (χ4n) is 3.43. The van der Waals surface area contributed by atoms with Gasteiger partial charge in [0.2, 0.25) is 0 Å². The van der Waals surface area contributed by atoms with Crippen molar-refractivity contribution in [1.29, 1.82) is 0 Å². The van der Waals surface area contributed by atoms with Crippen molar-refractivity contribution in [1.82, 2.24) is 19.9 Å². The molecule has 0 fully saturated rings. The van der Waals surface area contributed by atoms with Gasteiger partial charge >= 0.3 is 0 Å². The van der Waals surface area contributed by atoms with Gasteiger partial charge in [0.05, 0.1) is 0 Å². The number of pyridine rings is 1. The van der Waals surface area contributed by atoms with Crippen molar-refractivity contribution in [2.45, 2.75) is 0 Å². The molecular formula is C26H18N4. The second-order valence-electron chi connectivity index (χ2n) is 6.90. The lowest BCUT2D eigenvalue weighted by Crippen LogP contribution is -1.96. The summed E-state index contributed by atoms with van der Waals surface area (Å²) in [5, 5.41) is 0. The Labute approximate surface area is 175 Å². The number of rotatable bonds is 4. The standard InChI is InChI=1S/C26H18N4/c1-3-7-19(8-4-1)22-15-23(20-11-13-27-14-12-20)17-24(16-22)26-29-18-28-25(30-26)21-9-5-2-6-10-21/h1-18H. The molecule has 5 aromatic rings. The lowest BCUT2D eigenvalue weighted by atomic mass is 9.96. The van der Waals surface area contributed by atoms with Gasteiger partial charge in [0.1, 0.15) is 6.33 Å². The van der Waals surface area contributed by atoms with E-state index in [9.17, 15) is 0 Å². The van der Waals surface area contributed by atoms with Crippen molar-refractivity contribution < 1.29 is 0 Å². The largest absolute Gasteiger partial charge is 0.265 e. The van der Waals surface area contributed by atoms with Crippen molar-refractivity contribution >= 4 is 0 Å². The van der Waals surface area contributed by atoms with Crippen molar-refractivity contribution in [2.24, 2.45) is 0 Å². The molecule has 0 spiro atoms. The van der Waals surface area contributed by atoms with E-state index in [4.69, 9.17) is 4.98 Å². The summed E-state index contributed by atoms with van der Waals surface area (Å²) in [6.07, 6.45) is 5.19. The molecule has 0 aliphatic heterocycles. The van der Waals surface area contributed by atoms with Crippen LogP contribution in [-0.2, 0) is 0 Å². The molecule has 2 heterocycles. The van der Waals surface area contributed by atoms with Crippen LogP contribution in [-0.4, -0.2) is 19.9 Å². The van der Waals surface area contributed by atoms with Crippen LogP contribution in [0.2, 0.25) is 0 Å². The van der Waals surface area contributed by atoms with Gasteiger partial charge in [-0.1, -0.05) is 60.7 Å². The van der Waals surface area contributed by atoms with Crippen LogP contribution in [0.1, 0.15) is 0 Å². The van der Waals surface area contributed by atoms with Crippen LogP contribution >= 0.6 is 0 Å². The van der Waals surface area contributed by atoms with Crippen molar-refractivity contribution in [2.75, 3.05) is 0 Å². The van der Waals surface area contributed by atoms with E-state index in [1.165, 1.54) is 0 Å². The Morgan fingerprint density at radius 1 is 0.433 bits per heavy atom. The third-order valence-corrected chi connectivity index (χ3v) is 4.92. The Morgan fingerprint density at radius 2 is 0.933 bits per heavy atom. The molecule has 0 bridgehead atoms. The van der Waals surface area contributed by atoms with Crippen LogP contribution in [0, 0.1) is 0 Å². The number of hydrogen-bond donors (Lipinski definition) is 0. The van der Waals surface area contributed by atoms with Gasteiger partial charge in [-0.25, -0.2) is 15.0 Å². The van der Waals surface area contributed by atoms with Gasteiger partial charge in [0.15, 0.2) is 11.6 Å². The van der Waals surface area contributed by atoms with Crippen LogP contribution < -0.4 is 0 Å². The highest BCUT2D eigenvalue weighted by Crippen LogP contribution is 2.31. The van der Waals surface area contributed by atoms with Crippen LogP contribution in [0.25, 0.3) is 45.0 Å². The second-order valence-corrected chi connectivity index (χ2v) is 6.90. The molecule has 0 atom stereocenters. The zero-order valence-corrected chi connectivity index (χ0v) is 16.2. The summed E-state index contributed by atoms with van der Waals surface area (Å²) < 4.78 is 0. The van der Waals surface area contributed by atoms with E-state index in [-0.39, 0.29) is 0 Å². The predicted molar refractivity (Wildman–Crippen MR) is 119 cm³/mol. The van der Waals surface area contributed by atoms with E-state index < -0.39 is 0 Å². The maximum atomic E-state index is 4.75. The molecule has 2 aromatic heterocycles. The molecule has 0 amide bonds. The van der Waals surface area contributed by atoms with Gasteiger partial charge in [-0.15, -0.1) is 0 Å². The van der Waals surface area contributed by atoms with E-state index in [1.54, 1.807) is 18.7 Å². The fraction of sp³-hybridized carbons (Fsp3) is 0. The van der Waals surface area contributed by atoms with Gasteiger partial charge < -0.3 is 0 Å². The highest BCUT2D eigenvalue weighted by molar-refractivity contribution is 5.79. The molecule has 3 aromatic carbocycles. The summed E-state index contributed by atoms with van der Waals surface area (Å²) in [4.78, 5) is 17.7. The summed E-state index contributed by atoms with van der Waals surface area (Å²) in [6.45, 7) is 0. The average molecular weight is 386 g/mol. The van der Waals surface area contributed by atoms with Crippen LogP contribution in [0.3, 0.4) is 0 Å². The first-order chi connectivity index (χ1) is 14.9. The quantitative estimate of drug-likeness (QED) is 0.384. The normalized spacial score (nSPS) is 10.7. The molecule has 0 unspecified atom stereocenters. The maximum absolute atomic E-state index is 4.75. The van der Waals surface area contributed by atoms with E-state index in [0.29, 0.717) is 11.6 Å². The molecule has 0 aliphatic carbocycles. The summed E-state index contributed by atoms with van der Waals surface area (Å²) in [6, 6.07) is 30.7. The lowest BCUT2D eigenvalue weighted by Gasteiger charge is -2.10. The molecular weight excluding hydrogens is 368 g/mol. The molecule has 0 aliphatic rings. The second kappa shape index (κ2) is 8.05. The number of nitrogens with zero attached hydrogens (tertiary/aromatic N) is 4. The van der Waals surface area contributed by atoms with Gasteiger partial charge in [-0.2, -0.15) is 0 Å². The Hall–Kier alpha value is -4.18. The Balaban J connectivity index is 1.67. The van der Waals surface area contributed by atoms with Gasteiger partial charge in [-0.3, -0.25) is 4.98 Å². The van der Waals surface area contributed by atoms with Gasteiger partial charge in [-0.05, 0) is 52.6 Å². The molecule has 0 saturated carbocycles. The van der Waals surface area contributed by atoms with E-state index in [2.05, 4.69) is 45.3 Å². The van der Waals surface area contributed by atoms with Crippen molar-refractivity contribution in [3.8, 4) is 45.0 Å². The maximum Gasteiger partial charge on any atom is 0.163 e. The zero-order chi connectivity index (χ0) is 20.2. The smallest absolute Gasteiger partial charge is 0.163 e. The molecule has 0 radical (unpaired) electrons. The molecule has 4 nitrogen and oxygen atoms in total. The highest BCUT2D eigenvalue weighted by Gasteiger charge is 2.11. The summed E-state index contributed by atoms with van der Waals surface area (Å²) in [5.41, 5.74) is 6.36. The third-order valence-electron chi connectivity index (χ3n) is 4.92. The fourth-order valence-corrected chi connectivity index (χ4v) is 3.43. The van der Waals surface area contributed by atoms with Crippen LogP contribution in [0.15, 0.2) is 110 Å². The first kappa shape index (κ1) is 17.9. The SMILES string of the molecule is c1ccc(-c2cc(-c3ccncc3)cc(-c3ncnc(-c4ccccc4)n3)c2)cc1. The molecule has 30 heavy (non-hydrogen) atoms. The van der Waals surface area contributed by atoms with Crippen LogP contribution in [0.4, 0.5) is 0 Å². The topological polar surface area (TPSA) is 51.6 Å². The summed E-state index contributed by atoms with van der Waals surface area (Å²) in [7, 11) is 0. The van der Waals surface area contributed by atoms with E-state index in [0.717, 1.165) is 33.4 Å². The minimum atomic E-state index is 0.650. The van der Waals surface area contributed by atoms with Crippen LogP contribution in [0.5, 0.6) is 0 Å². The Morgan fingerprint density at radius 3 is 1.57 bits per heavy atom. The molecule has 4 heteroatoms. The van der Waals surface area contributed by atoms with E-state index >= 15 is 0 Å². The Bertz CT molecular complexity index is 1210. The number of hydrogen-bond acceptors (Lipinski definition) is 4. The van der Waals surface area contributed by atoms with E-state index in [1.807, 2.05) is 60.7 Å². The minimum Gasteiger partial charge on any atom is -0.265 e. The molecule has 142 valence electrons. The van der Waals surface area contributed by atoms with Crippen molar-refractivity contribution in [3.63, 3.8) is 0 Å².